The largest absolute Gasteiger partial charge is 0.611 e. The highest BCUT2D eigenvalue weighted by molar-refractivity contribution is 7.92. The quantitative estimate of drug-likeness (QED) is 0.558. The van der Waals surface area contributed by atoms with Crippen LogP contribution < -0.4 is 5.32 Å². The van der Waals surface area contributed by atoms with Crippen molar-refractivity contribution in [1.29, 1.82) is 0 Å². The molecule has 180 valence electrons. The van der Waals surface area contributed by atoms with E-state index in [9.17, 15) is 14.1 Å². The second-order valence-electron chi connectivity index (χ2n) is 9.24. The van der Waals surface area contributed by atoms with Gasteiger partial charge in [0.25, 0.3) is 5.91 Å². The molecule has 1 unspecified atom stereocenters. The molecule has 1 fully saturated rings. The first-order valence-corrected chi connectivity index (χ1v) is 12.5. The summed E-state index contributed by atoms with van der Waals surface area (Å²) in [5.41, 5.74) is 1.45. The van der Waals surface area contributed by atoms with Crippen LogP contribution in [0.25, 0.3) is 5.65 Å². The van der Waals surface area contributed by atoms with Crippen molar-refractivity contribution in [2.45, 2.75) is 55.9 Å². The Labute approximate surface area is 201 Å². The number of piperidine rings is 1. The van der Waals surface area contributed by atoms with Crippen molar-refractivity contribution < 1.29 is 18.9 Å². The van der Waals surface area contributed by atoms with E-state index in [1.165, 1.54) is 0 Å². The first kappa shape index (κ1) is 24.0. The second-order valence-corrected chi connectivity index (χ2v) is 11.0. The van der Waals surface area contributed by atoms with Crippen LogP contribution in [0.2, 0.25) is 0 Å². The first-order chi connectivity index (χ1) is 16.2. The van der Waals surface area contributed by atoms with Crippen LogP contribution in [-0.2, 0) is 22.5 Å². The summed E-state index contributed by atoms with van der Waals surface area (Å²) in [5.74, 6) is -0.207. The molecule has 0 spiro atoms. The second kappa shape index (κ2) is 10.0. The molecule has 4 rings (SSSR count). The molecule has 1 N–H and O–H groups in total. The lowest BCUT2D eigenvalue weighted by Gasteiger charge is -2.33. The molecule has 10 heteroatoms. The highest BCUT2D eigenvalue weighted by atomic mass is 32.2. The molecule has 0 radical (unpaired) electrons. The SMILES string of the molecule is CC(C)(C)OC(=O)N1CCC([S+]([O-])c2ccc(CNC(=O)c3ccc4nccn4c3)nc2)CC1. The molecule has 0 saturated carbocycles. The molecule has 0 bridgehead atoms. The van der Waals surface area contributed by atoms with Crippen LogP contribution in [0.1, 0.15) is 49.7 Å². The lowest BCUT2D eigenvalue weighted by Crippen LogP contribution is -2.44. The standard InChI is InChI=1S/C24H29N5O4S/c1-24(2,3)33-23(31)28-11-8-19(9-12-28)34(32)20-6-5-18(26-15-20)14-27-22(30)17-4-7-21-25-10-13-29(21)16-17/h4-7,10,13,15-16,19H,8-9,11-12,14H2,1-3H3,(H,27,30). The number of hydrogen-bond donors (Lipinski definition) is 1. The van der Waals surface area contributed by atoms with Gasteiger partial charge in [0.15, 0.2) is 4.90 Å². The molecule has 2 amide bonds. The Bertz CT molecular complexity index is 1150. The van der Waals surface area contributed by atoms with Crippen LogP contribution in [-0.4, -0.2) is 59.8 Å². The molecular formula is C24H29N5O4S. The number of aromatic nitrogens is 3. The molecule has 0 aromatic carbocycles. The summed E-state index contributed by atoms with van der Waals surface area (Å²) < 4.78 is 20.2. The van der Waals surface area contributed by atoms with E-state index in [0.717, 1.165) is 5.65 Å². The summed E-state index contributed by atoms with van der Waals surface area (Å²) in [6.45, 7) is 6.84. The van der Waals surface area contributed by atoms with E-state index in [1.807, 2.05) is 20.8 Å². The molecule has 9 nitrogen and oxygen atoms in total. The van der Waals surface area contributed by atoms with Crippen LogP contribution in [0.5, 0.6) is 0 Å². The molecule has 1 aliphatic rings. The third kappa shape index (κ3) is 5.87. The van der Waals surface area contributed by atoms with Gasteiger partial charge >= 0.3 is 6.09 Å². The van der Waals surface area contributed by atoms with Crippen LogP contribution in [0.3, 0.4) is 0 Å². The van der Waals surface area contributed by atoms with Crippen molar-refractivity contribution >= 4 is 28.8 Å². The highest BCUT2D eigenvalue weighted by Crippen LogP contribution is 2.25. The Morgan fingerprint density at radius 3 is 2.62 bits per heavy atom. The minimum absolute atomic E-state index is 0.0378. The fourth-order valence-corrected chi connectivity index (χ4v) is 5.12. The van der Waals surface area contributed by atoms with Gasteiger partial charge in [-0.2, -0.15) is 0 Å². The number of hydrogen-bond acceptors (Lipinski definition) is 6. The van der Waals surface area contributed by atoms with Crippen molar-refractivity contribution in [1.82, 2.24) is 24.6 Å². The molecule has 3 aromatic rings. The van der Waals surface area contributed by atoms with Gasteiger partial charge in [0.05, 0.1) is 24.0 Å². The van der Waals surface area contributed by atoms with E-state index >= 15 is 0 Å². The van der Waals surface area contributed by atoms with Gasteiger partial charge < -0.3 is 23.9 Å². The molecular weight excluding hydrogens is 454 g/mol. The number of amides is 2. The number of nitrogens with zero attached hydrogens (tertiary/aromatic N) is 4. The number of pyridine rings is 2. The number of fused-ring (bicyclic) bond motifs is 1. The molecule has 1 atom stereocenters. The molecule has 4 heterocycles. The van der Waals surface area contributed by atoms with Gasteiger partial charge in [-0.25, -0.2) is 9.78 Å². The monoisotopic (exact) mass is 483 g/mol. The van der Waals surface area contributed by atoms with Crippen LogP contribution in [0, 0.1) is 0 Å². The van der Waals surface area contributed by atoms with Crippen molar-refractivity contribution in [3.05, 3.63) is 60.3 Å². The number of carbonyl (C=O) groups is 2. The first-order valence-electron chi connectivity index (χ1n) is 11.2. The number of ether oxygens (including phenoxy) is 1. The van der Waals surface area contributed by atoms with Crippen molar-refractivity contribution in [3.63, 3.8) is 0 Å². The topological polar surface area (TPSA) is 112 Å². The fraction of sp³-hybridized carbons (Fsp3) is 0.417. The predicted octanol–water partition coefficient (Wildman–Crippen LogP) is 3.17. The van der Waals surface area contributed by atoms with E-state index in [-0.39, 0.29) is 23.8 Å². The van der Waals surface area contributed by atoms with Gasteiger partial charge in [0, 0.05) is 44.5 Å². The van der Waals surface area contributed by atoms with Gasteiger partial charge in [-0.3, -0.25) is 9.78 Å². The molecule has 3 aromatic heterocycles. The van der Waals surface area contributed by atoms with E-state index in [1.54, 1.807) is 58.4 Å². The van der Waals surface area contributed by atoms with Crippen molar-refractivity contribution in [2.24, 2.45) is 0 Å². The average molecular weight is 484 g/mol. The predicted molar refractivity (Wildman–Crippen MR) is 128 cm³/mol. The number of carbonyl (C=O) groups excluding carboxylic acids is 2. The maximum Gasteiger partial charge on any atom is 0.410 e. The molecule has 1 aliphatic heterocycles. The highest BCUT2D eigenvalue weighted by Gasteiger charge is 2.33. The third-order valence-electron chi connectivity index (χ3n) is 5.51. The summed E-state index contributed by atoms with van der Waals surface area (Å²) in [6, 6.07) is 7.09. The average Bonchev–Trinajstić information content (AvgIpc) is 3.29. The maximum atomic E-state index is 13.0. The van der Waals surface area contributed by atoms with Gasteiger partial charge in [0.2, 0.25) is 0 Å². The Kier molecular flexibility index (Phi) is 7.08. The zero-order valence-corrected chi connectivity index (χ0v) is 20.4. The third-order valence-corrected chi connectivity index (χ3v) is 7.29. The molecule has 0 aliphatic carbocycles. The van der Waals surface area contributed by atoms with Crippen LogP contribution in [0.4, 0.5) is 4.79 Å². The molecule has 1 saturated heterocycles. The Morgan fingerprint density at radius 2 is 1.94 bits per heavy atom. The van der Waals surface area contributed by atoms with Crippen LogP contribution >= 0.6 is 0 Å². The van der Waals surface area contributed by atoms with Gasteiger partial charge in [-0.15, -0.1) is 0 Å². The van der Waals surface area contributed by atoms with Crippen molar-refractivity contribution in [2.75, 3.05) is 13.1 Å². The number of nitrogens with one attached hydrogen (secondary N) is 1. The minimum Gasteiger partial charge on any atom is -0.611 e. The number of likely N-dealkylation sites (tertiary alicyclic amines) is 1. The van der Waals surface area contributed by atoms with Gasteiger partial charge in [0.1, 0.15) is 16.5 Å². The van der Waals surface area contributed by atoms with Crippen LogP contribution in [0.15, 0.2) is 53.9 Å². The summed E-state index contributed by atoms with van der Waals surface area (Å²) in [5, 5.41) is 2.82. The summed E-state index contributed by atoms with van der Waals surface area (Å²) in [7, 11) is 0. The van der Waals surface area contributed by atoms with E-state index in [0.29, 0.717) is 42.1 Å². The van der Waals surface area contributed by atoms with Gasteiger partial charge in [-0.05, 0) is 56.2 Å². The number of rotatable bonds is 5. The zero-order valence-electron chi connectivity index (χ0n) is 19.6. The normalized spacial score (nSPS) is 15.8. The Balaban J connectivity index is 1.27. The van der Waals surface area contributed by atoms with E-state index in [4.69, 9.17) is 4.74 Å². The lowest BCUT2D eigenvalue weighted by atomic mass is 10.1. The van der Waals surface area contributed by atoms with Crippen molar-refractivity contribution in [3.8, 4) is 0 Å². The summed E-state index contributed by atoms with van der Waals surface area (Å²) >= 11 is -1.21. The summed E-state index contributed by atoms with van der Waals surface area (Å²) in [4.78, 5) is 35.6. The number of imidazole rings is 1. The van der Waals surface area contributed by atoms with Gasteiger partial charge in [-0.1, -0.05) is 0 Å². The molecule has 34 heavy (non-hydrogen) atoms. The smallest absolute Gasteiger partial charge is 0.410 e. The zero-order chi connectivity index (χ0) is 24.3. The minimum atomic E-state index is -1.21. The Morgan fingerprint density at radius 1 is 1.18 bits per heavy atom. The summed E-state index contributed by atoms with van der Waals surface area (Å²) in [6.07, 6.45) is 7.76. The fourth-order valence-electron chi connectivity index (χ4n) is 3.73. The Hall–Kier alpha value is -3.11. The van der Waals surface area contributed by atoms with E-state index < -0.39 is 16.8 Å². The maximum absolute atomic E-state index is 13.0. The van der Waals surface area contributed by atoms with E-state index in [2.05, 4.69) is 15.3 Å². The lowest BCUT2D eigenvalue weighted by molar-refractivity contribution is 0.0217.